The molecule has 16 heavy (non-hydrogen) atoms. The number of nitrogen functional groups attached to an aromatic ring is 1. The van der Waals surface area contributed by atoms with Crippen LogP contribution in [0.4, 0.5) is 11.6 Å². The highest BCUT2D eigenvalue weighted by Crippen LogP contribution is 2.16. The molecule has 1 heterocycles. The average molecular weight is 281 g/mol. The number of hydrogen-bond acceptors (Lipinski definition) is 3. The molecule has 0 aliphatic rings. The molecule has 0 atom stereocenters. The van der Waals surface area contributed by atoms with Crippen LogP contribution in [-0.2, 0) is 0 Å². The lowest BCUT2D eigenvalue weighted by molar-refractivity contribution is 0.0997. The predicted molar refractivity (Wildman–Crippen MR) is 65.2 cm³/mol. The van der Waals surface area contributed by atoms with Gasteiger partial charge in [0, 0.05) is 16.2 Å². The Morgan fingerprint density at radius 1 is 1.19 bits per heavy atom. The first-order valence-corrected chi connectivity index (χ1v) is 5.37. The number of nitrogens with one attached hydrogen (secondary N) is 1. The number of rotatable bonds is 2. The van der Waals surface area contributed by atoms with Crippen LogP contribution in [0, 0.1) is 0 Å². The zero-order valence-corrected chi connectivity index (χ0v) is 9.82. The largest absolute Gasteiger partial charge is 0.436 e. The fourth-order valence-corrected chi connectivity index (χ4v) is 1.47. The number of nitrogens with two attached hydrogens (primary N) is 1. The summed E-state index contributed by atoms with van der Waals surface area (Å²) in [5, 5.41) is 2.69. The zero-order chi connectivity index (χ0) is 11.5. The fraction of sp³-hybridized carbons (Fsp3) is 0. The molecule has 4 nitrogen and oxygen atoms in total. The SMILES string of the molecule is Nc1ccc(C(=O)Nc2ccc(Br)cc2)o1. The third-order valence-electron chi connectivity index (χ3n) is 1.95. The summed E-state index contributed by atoms with van der Waals surface area (Å²) in [6.07, 6.45) is 0. The van der Waals surface area contributed by atoms with E-state index in [0.717, 1.165) is 4.47 Å². The highest BCUT2D eigenvalue weighted by molar-refractivity contribution is 9.10. The Morgan fingerprint density at radius 3 is 2.44 bits per heavy atom. The van der Waals surface area contributed by atoms with Gasteiger partial charge in [0.1, 0.15) is 0 Å². The van der Waals surface area contributed by atoms with E-state index in [0.29, 0.717) is 5.69 Å². The normalized spacial score (nSPS) is 10.1. The minimum absolute atomic E-state index is 0.195. The first kappa shape index (κ1) is 10.8. The first-order chi connectivity index (χ1) is 7.65. The van der Waals surface area contributed by atoms with E-state index in [1.54, 1.807) is 12.1 Å². The summed E-state index contributed by atoms with van der Waals surface area (Å²) < 4.78 is 5.95. The van der Waals surface area contributed by atoms with Crippen LogP contribution in [0.3, 0.4) is 0 Å². The van der Waals surface area contributed by atoms with Gasteiger partial charge in [0.15, 0.2) is 11.6 Å². The number of halogens is 1. The number of furan rings is 1. The van der Waals surface area contributed by atoms with Crippen molar-refractivity contribution in [2.45, 2.75) is 0 Å². The van der Waals surface area contributed by atoms with Crippen molar-refractivity contribution in [2.75, 3.05) is 11.1 Å². The smallest absolute Gasteiger partial charge is 0.291 e. The molecule has 0 aliphatic carbocycles. The summed E-state index contributed by atoms with van der Waals surface area (Å²) in [5.41, 5.74) is 6.07. The summed E-state index contributed by atoms with van der Waals surface area (Å²) in [5.74, 6) is 0.0976. The number of hydrogen-bond donors (Lipinski definition) is 2. The Balaban J connectivity index is 2.10. The van der Waals surface area contributed by atoms with Gasteiger partial charge in [-0.25, -0.2) is 0 Å². The summed E-state index contributed by atoms with van der Waals surface area (Å²) in [6, 6.07) is 10.3. The second kappa shape index (κ2) is 4.40. The van der Waals surface area contributed by atoms with Crippen LogP contribution in [0.1, 0.15) is 10.6 Å². The first-order valence-electron chi connectivity index (χ1n) is 4.57. The average Bonchev–Trinajstić information content (AvgIpc) is 2.68. The van der Waals surface area contributed by atoms with Crippen molar-refractivity contribution >= 4 is 33.4 Å². The maximum Gasteiger partial charge on any atom is 0.291 e. The summed E-state index contributed by atoms with van der Waals surface area (Å²) in [4.78, 5) is 11.6. The van der Waals surface area contributed by atoms with Gasteiger partial charge < -0.3 is 15.5 Å². The van der Waals surface area contributed by atoms with Gasteiger partial charge in [-0.2, -0.15) is 0 Å². The van der Waals surface area contributed by atoms with Crippen LogP contribution >= 0.6 is 15.9 Å². The van der Waals surface area contributed by atoms with Crippen molar-refractivity contribution in [3.8, 4) is 0 Å². The molecule has 0 radical (unpaired) electrons. The number of anilines is 2. The van der Waals surface area contributed by atoms with Crippen LogP contribution in [0.2, 0.25) is 0 Å². The van der Waals surface area contributed by atoms with E-state index in [-0.39, 0.29) is 17.6 Å². The van der Waals surface area contributed by atoms with E-state index in [1.807, 2.05) is 12.1 Å². The minimum atomic E-state index is -0.320. The molecule has 0 spiro atoms. The monoisotopic (exact) mass is 280 g/mol. The summed E-state index contributed by atoms with van der Waals surface area (Å²) in [6.45, 7) is 0. The molecule has 2 aromatic rings. The highest BCUT2D eigenvalue weighted by Gasteiger charge is 2.09. The van der Waals surface area contributed by atoms with Gasteiger partial charge >= 0.3 is 0 Å². The Kier molecular flexibility index (Phi) is 2.96. The van der Waals surface area contributed by atoms with Crippen molar-refractivity contribution in [1.29, 1.82) is 0 Å². The third-order valence-corrected chi connectivity index (χ3v) is 2.48. The quantitative estimate of drug-likeness (QED) is 0.889. The molecule has 0 saturated heterocycles. The Morgan fingerprint density at radius 2 is 1.88 bits per heavy atom. The minimum Gasteiger partial charge on any atom is -0.436 e. The van der Waals surface area contributed by atoms with Crippen LogP contribution in [-0.4, -0.2) is 5.91 Å². The topological polar surface area (TPSA) is 68.3 Å². The Labute approximate surface area is 101 Å². The second-order valence-corrected chi connectivity index (χ2v) is 4.08. The lowest BCUT2D eigenvalue weighted by Crippen LogP contribution is -2.10. The molecule has 3 N–H and O–H groups in total. The maximum absolute atomic E-state index is 11.6. The van der Waals surface area contributed by atoms with E-state index < -0.39 is 0 Å². The van der Waals surface area contributed by atoms with E-state index >= 15 is 0 Å². The molecule has 0 bridgehead atoms. The standard InChI is InChI=1S/C11H9BrN2O2/c12-7-1-3-8(4-2-7)14-11(15)9-5-6-10(13)16-9/h1-6H,13H2,(H,14,15). The van der Waals surface area contributed by atoms with Crippen LogP contribution in [0.15, 0.2) is 45.3 Å². The molecule has 1 amide bonds. The van der Waals surface area contributed by atoms with Gasteiger partial charge in [-0.3, -0.25) is 4.79 Å². The van der Waals surface area contributed by atoms with Crippen molar-refractivity contribution in [2.24, 2.45) is 0 Å². The third kappa shape index (κ3) is 2.43. The van der Waals surface area contributed by atoms with Crippen molar-refractivity contribution in [3.63, 3.8) is 0 Å². The molecule has 1 aromatic carbocycles. The molecule has 0 aliphatic heterocycles. The molecule has 5 heteroatoms. The molecule has 82 valence electrons. The van der Waals surface area contributed by atoms with Gasteiger partial charge in [0.2, 0.25) is 0 Å². The van der Waals surface area contributed by atoms with Crippen molar-refractivity contribution in [3.05, 3.63) is 46.6 Å². The van der Waals surface area contributed by atoms with Gasteiger partial charge in [-0.05, 0) is 30.3 Å². The van der Waals surface area contributed by atoms with E-state index in [1.165, 1.54) is 12.1 Å². The molecule has 1 aromatic heterocycles. The lowest BCUT2D eigenvalue weighted by Gasteiger charge is -2.02. The molecule has 0 saturated carbocycles. The Bertz CT molecular complexity index is 505. The van der Waals surface area contributed by atoms with Gasteiger partial charge in [0.05, 0.1) is 0 Å². The predicted octanol–water partition coefficient (Wildman–Crippen LogP) is 2.88. The Hall–Kier alpha value is -1.75. The lowest BCUT2D eigenvalue weighted by atomic mass is 10.3. The van der Waals surface area contributed by atoms with E-state index in [2.05, 4.69) is 21.2 Å². The molecule has 0 unspecified atom stereocenters. The number of benzene rings is 1. The molecule has 2 rings (SSSR count). The number of carbonyl (C=O) groups excluding carboxylic acids is 1. The number of amides is 1. The van der Waals surface area contributed by atoms with Crippen LogP contribution < -0.4 is 11.1 Å². The van der Waals surface area contributed by atoms with Crippen molar-refractivity contribution in [1.82, 2.24) is 0 Å². The van der Waals surface area contributed by atoms with Crippen LogP contribution in [0.5, 0.6) is 0 Å². The summed E-state index contributed by atoms with van der Waals surface area (Å²) >= 11 is 3.31. The van der Waals surface area contributed by atoms with Crippen molar-refractivity contribution < 1.29 is 9.21 Å². The number of carbonyl (C=O) groups is 1. The molecule has 0 fully saturated rings. The van der Waals surface area contributed by atoms with Gasteiger partial charge in [-0.15, -0.1) is 0 Å². The van der Waals surface area contributed by atoms with Gasteiger partial charge in [0.25, 0.3) is 5.91 Å². The maximum atomic E-state index is 11.6. The van der Waals surface area contributed by atoms with Crippen LogP contribution in [0.25, 0.3) is 0 Å². The van der Waals surface area contributed by atoms with E-state index in [9.17, 15) is 4.79 Å². The second-order valence-electron chi connectivity index (χ2n) is 3.16. The zero-order valence-electron chi connectivity index (χ0n) is 8.24. The molecular weight excluding hydrogens is 272 g/mol. The van der Waals surface area contributed by atoms with Gasteiger partial charge in [-0.1, -0.05) is 15.9 Å². The fourth-order valence-electron chi connectivity index (χ4n) is 1.20. The highest BCUT2D eigenvalue weighted by atomic mass is 79.9. The summed E-state index contributed by atoms with van der Waals surface area (Å²) in [7, 11) is 0. The molecular formula is C11H9BrN2O2. The van der Waals surface area contributed by atoms with E-state index in [4.69, 9.17) is 10.2 Å².